The molecule has 0 aliphatic rings. The Balaban J connectivity index is 1.89. The standard InChI is InChI=1S/C21H29N3O2/c1-4-10-19-23-18-15-22-17-12-8-7-11-16(17)21(18)24(19)14-9-13-20(25-5-2)26-6-3/h7-8,11-12,15,20H,4-6,9-10,13-14H2,1-3H3. The summed E-state index contributed by atoms with van der Waals surface area (Å²) < 4.78 is 13.7. The molecule has 2 aromatic heterocycles. The van der Waals surface area contributed by atoms with E-state index in [0.29, 0.717) is 13.2 Å². The molecule has 0 fully saturated rings. The second-order valence-electron chi connectivity index (χ2n) is 6.42. The Bertz CT molecular complexity index is 838. The van der Waals surface area contributed by atoms with Crippen molar-refractivity contribution in [1.29, 1.82) is 0 Å². The minimum atomic E-state index is -0.118. The van der Waals surface area contributed by atoms with Crippen LogP contribution >= 0.6 is 0 Å². The highest BCUT2D eigenvalue weighted by molar-refractivity contribution is 6.02. The van der Waals surface area contributed by atoms with Crippen LogP contribution in [0, 0.1) is 0 Å². The molecule has 26 heavy (non-hydrogen) atoms. The van der Waals surface area contributed by atoms with Gasteiger partial charge in [0.2, 0.25) is 0 Å². The first-order chi connectivity index (χ1) is 12.8. The monoisotopic (exact) mass is 355 g/mol. The van der Waals surface area contributed by atoms with E-state index in [2.05, 4.69) is 34.7 Å². The third-order valence-corrected chi connectivity index (χ3v) is 4.56. The van der Waals surface area contributed by atoms with Gasteiger partial charge in [-0.25, -0.2) is 4.98 Å². The summed E-state index contributed by atoms with van der Waals surface area (Å²) in [6.45, 7) is 8.48. The molecule has 0 aliphatic heterocycles. The number of para-hydroxylation sites is 1. The maximum atomic E-state index is 5.68. The van der Waals surface area contributed by atoms with Crippen LogP contribution in [-0.2, 0) is 22.4 Å². The molecular formula is C21H29N3O2. The van der Waals surface area contributed by atoms with Crippen LogP contribution in [0.2, 0.25) is 0 Å². The van der Waals surface area contributed by atoms with Crippen molar-refractivity contribution < 1.29 is 9.47 Å². The van der Waals surface area contributed by atoms with Crippen molar-refractivity contribution >= 4 is 21.9 Å². The largest absolute Gasteiger partial charge is 0.353 e. The summed E-state index contributed by atoms with van der Waals surface area (Å²) in [6.07, 6.45) is 5.71. The van der Waals surface area contributed by atoms with Crippen LogP contribution in [0.5, 0.6) is 0 Å². The number of ether oxygens (including phenoxy) is 2. The maximum Gasteiger partial charge on any atom is 0.157 e. The number of pyridine rings is 1. The van der Waals surface area contributed by atoms with Crippen molar-refractivity contribution in [3.63, 3.8) is 0 Å². The van der Waals surface area contributed by atoms with Gasteiger partial charge in [-0.15, -0.1) is 0 Å². The molecule has 3 rings (SSSR count). The predicted molar refractivity (Wildman–Crippen MR) is 105 cm³/mol. The molecule has 0 unspecified atom stereocenters. The Kier molecular flexibility index (Phi) is 6.58. The molecule has 0 bridgehead atoms. The van der Waals surface area contributed by atoms with Gasteiger partial charge >= 0.3 is 0 Å². The van der Waals surface area contributed by atoms with Crippen molar-refractivity contribution in [2.24, 2.45) is 0 Å². The van der Waals surface area contributed by atoms with Gasteiger partial charge < -0.3 is 14.0 Å². The molecule has 1 aromatic carbocycles. The van der Waals surface area contributed by atoms with Crippen molar-refractivity contribution in [3.05, 3.63) is 36.3 Å². The SMILES string of the molecule is CCCc1nc2cnc3ccccc3c2n1CCCC(OCC)OCC. The zero-order valence-corrected chi connectivity index (χ0v) is 16.1. The van der Waals surface area contributed by atoms with E-state index in [1.165, 1.54) is 10.9 Å². The van der Waals surface area contributed by atoms with Crippen molar-refractivity contribution in [2.45, 2.75) is 59.3 Å². The van der Waals surface area contributed by atoms with Crippen LogP contribution < -0.4 is 0 Å². The fourth-order valence-corrected chi connectivity index (χ4v) is 3.47. The lowest BCUT2D eigenvalue weighted by Gasteiger charge is -2.17. The number of hydrogen-bond acceptors (Lipinski definition) is 4. The Morgan fingerprint density at radius 2 is 1.81 bits per heavy atom. The topological polar surface area (TPSA) is 49.2 Å². The minimum Gasteiger partial charge on any atom is -0.353 e. The van der Waals surface area contributed by atoms with Gasteiger partial charge in [0.05, 0.1) is 17.2 Å². The Morgan fingerprint density at radius 1 is 1.04 bits per heavy atom. The second kappa shape index (κ2) is 9.10. The first-order valence-electron chi connectivity index (χ1n) is 9.74. The predicted octanol–water partition coefficient (Wildman–Crippen LogP) is 4.72. The van der Waals surface area contributed by atoms with Gasteiger partial charge in [-0.1, -0.05) is 25.1 Å². The van der Waals surface area contributed by atoms with Crippen LogP contribution in [0.3, 0.4) is 0 Å². The molecule has 0 saturated heterocycles. The van der Waals surface area contributed by atoms with Crippen molar-refractivity contribution in [2.75, 3.05) is 13.2 Å². The van der Waals surface area contributed by atoms with Crippen LogP contribution in [0.1, 0.15) is 45.9 Å². The first kappa shape index (κ1) is 18.8. The van der Waals surface area contributed by atoms with Gasteiger partial charge in [-0.2, -0.15) is 0 Å². The summed E-state index contributed by atoms with van der Waals surface area (Å²) in [7, 11) is 0. The van der Waals surface area contributed by atoms with E-state index in [4.69, 9.17) is 14.5 Å². The highest BCUT2D eigenvalue weighted by Crippen LogP contribution is 2.26. The average Bonchev–Trinajstić information content (AvgIpc) is 3.00. The number of nitrogens with zero attached hydrogens (tertiary/aromatic N) is 3. The lowest BCUT2D eigenvalue weighted by Crippen LogP contribution is -2.18. The lowest BCUT2D eigenvalue weighted by molar-refractivity contribution is -0.140. The molecule has 5 nitrogen and oxygen atoms in total. The summed E-state index contributed by atoms with van der Waals surface area (Å²) in [5, 5.41) is 1.17. The summed E-state index contributed by atoms with van der Waals surface area (Å²) in [5.74, 6) is 1.14. The van der Waals surface area contributed by atoms with E-state index in [-0.39, 0.29) is 6.29 Å². The summed E-state index contributed by atoms with van der Waals surface area (Å²) in [5.41, 5.74) is 3.20. The van der Waals surface area contributed by atoms with E-state index in [0.717, 1.165) is 49.1 Å². The van der Waals surface area contributed by atoms with Crippen LogP contribution in [0.4, 0.5) is 0 Å². The van der Waals surface area contributed by atoms with E-state index in [9.17, 15) is 0 Å². The van der Waals surface area contributed by atoms with Crippen molar-refractivity contribution in [1.82, 2.24) is 14.5 Å². The molecule has 0 spiro atoms. The van der Waals surface area contributed by atoms with Crippen LogP contribution in [0.25, 0.3) is 21.9 Å². The molecule has 0 atom stereocenters. The molecule has 3 aromatic rings. The number of aryl methyl sites for hydroxylation is 2. The Hall–Kier alpha value is -1.98. The summed E-state index contributed by atoms with van der Waals surface area (Å²) in [6, 6.07) is 8.30. The van der Waals surface area contributed by atoms with Gasteiger partial charge in [0.15, 0.2) is 6.29 Å². The molecule has 2 heterocycles. The number of fused-ring (bicyclic) bond motifs is 3. The average molecular weight is 355 g/mol. The van der Waals surface area contributed by atoms with E-state index < -0.39 is 0 Å². The minimum absolute atomic E-state index is 0.118. The Morgan fingerprint density at radius 3 is 2.54 bits per heavy atom. The lowest BCUT2D eigenvalue weighted by atomic mass is 10.2. The third kappa shape index (κ3) is 4.05. The molecule has 5 heteroatoms. The highest BCUT2D eigenvalue weighted by Gasteiger charge is 2.15. The molecule has 140 valence electrons. The fraction of sp³-hybridized carbons (Fsp3) is 0.524. The number of rotatable bonds is 10. The third-order valence-electron chi connectivity index (χ3n) is 4.56. The zero-order valence-electron chi connectivity index (χ0n) is 16.1. The van der Waals surface area contributed by atoms with E-state index in [1.54, 1.807) is 0 Å². The quantitative estimate of drug-likeness (QED) is 0.494. The molecule has 0 amide bonds. The van der Waals surface area contributed by atoms with Gasteiger partial charge in [0.1, 0.15) is 11.3 Å². The normalized spacial score (nSPS) is 11.8. The number of aromatic nitrogens is 3. The molecule has 0 N–H and O–H groups in total. The summed E-state index contributed by atoms with van der Waals surface area (Å²) >= 11 is 0. The van der Waals surface area contributed by atoms with Gasteiger partial charge in [-0.3, -0.25) is 4.98 Å². The zero-order chi connectivity index (χ0) is 18.4. The van der Waals surface area contributed by atoms with E-state index >= 15 is 0 Å². The smallest absolute Gasteiger partial charge is 0.157 e. The van der Waals surface area contributed by atoms with E-state index in [1.807, 2.05) is 26.1 Å². The van der Waals surface area contributed by atoms with Gasteiger partial charge in [-0.05, 0) is 32.8 Å². The number of benzene rings is 1. The number of hydrogen-bond donors (Lipinski definition) is 0. The molecular weight excluding hydrogens is 326 g/mol. The van der Waals surface area contributed by atoms with Crippen LogP contribution in [0.15, 0.2) is 30.5 Å². The second-order valence-corrected chi connectivity index (χ2v) is 6.42. The van der Waals surface area contributed by atoms with Crippen molar-refractivity contribution in [3.8, 4) is 0 Å². The summed E-state index contributed by atoms with van der Waals surface area (Å²) in [4.78, 5) is 9.43. The number of imidazole rings is 1. The Labute approximate surface area is 155 Å². The first-order valence-corrected chi connectivity index (χ1v) is 9.74. The molecule has 0 saturated carbocycles. The van der Waals surface area contributed by atoms with Gasteiger partial charge in [0, 0.05) is 38.0 Å². The molecule has 0 radical (unpaired) electrons. The molecule has 0 aliphatic carbocycles. The van der Waals surface area contributed by atoms with Crippen LogP contribution in [-0.4, -0.2) is 34.0 Å². The maximum absolute atomic E-state index is 5.68. The fourth-order valence-electron chi connectivity index (χ4n) is 3.47. The van der Waals surface area contributed by atoms with Gasteiger partial charge in [0.25, 0.3) is 0 Å². The highest BCUT2D eigenvalue weighted by atomic mass is 16.7.